The Morgan fingerprint density at radius 1 is 1.13 bits per heavy atom. The maximum atomic E-state index is 13.8. The van der Waals surface area contributed by atoms with E-state index in [1.807, 2.05) is 30.3 Å². The minimum absolute atomic E-state index is 0.182. The SMILES string of the molecule is C[C@@H](Sc1nc2c(cnn2-c2ccccc2)c(=O)[nH]1)C(=O)Nc1c(F)cccc1F. The fourth-order valence-corrected chi connectivity index (χ4v) is 3.57. The molecule has 2 aromatic carbocycles. The third kappa shape index (κ3) is 3.81. The number of aromatic nitrogens is 4. The summed E-state index contributed by atoms with van der Waals surface area (Å²) in [6, 6.07) is 12.5. The lowest BCUT2D eigenvalue weighted by Crippen LogP contribution is -2.24. The number of para-hydroxylation sites is 2. The third-order valence-electron chi connectivity index (χ3n) is 4.29. The number of hydrogen-bond acceptors (Lipinski definition) is 5. The van der Waals surface area contributed by atoms with Crippen molar-refractivity contribution in [1.82, 2.24) is 19.7 Å². The minimum Gasteiger partial charge on any atom is -0.320 e. The number of thioether (sulfide) groups is 1. The molecule has 4 rings (SSSR count). The maximum Gasteiger partial charge on any atom is 0.262 e. The fraction of sp³-hybridized carbons (Fsp3) is 0.100. The second-order valence-electron chi connectivity index (χ2n) is 6.35. The number of carbonyl (C=O) groups is 1. The summed E-state index contributed by atoms with van der Waals surface area (Å²) in [4.78, 5) is 31.8. The van der Waals surface area contributed by atoms with E-state index < -0.39 is 34.0 Å². The molecule has 1 atom stereocenters. The Morgan fingerprint density at radius 3 is 2.53 bits per heavy atom. The van der Waals surface area contributed by atoms with Crippen molar-refractivity contribution in [3.8, 4) is 5.69 Å². The molecular formula is C20H15F2N5O2S. The van der Waals surface area contributed by atoms with Gasteiger partial charge in [-0.15, -0.1) is 0 Å². The molecule has 2 N–H and O–H groups in total. The number of H-pyrrole nitrogens is 1. The fourth-order valence-electron chi connectivity index (χ4n) is 2.78. The first-order valence-electron chi connectivity index (χ1n) is 8.89. The van der Waals surface area contributed by atoms with E-state index in [1.165, 1.54) is 23.9 Å². The molecule has 10 heteroatoms. The van der Waals surface area contributed by atoms with Crippen LogP contribution >= 0.6 is 11.8 Å². The standard InChI is InChI=1S/C20H15F2N5O2S/c1-11(18(28)24-16-14(21)8-5-9-15(16)22)30-20-25-17-13(19(29)26-20)10-23-27(17)12-6-3-2-4-7-12/h2-11H,1H3,(H,24,28)(H,25,26,29)/t11-/m1/s1. The van der Waals surface area contributed by atoms with Gasteiger partial charge >= 0.3 is 0 Å². The van der Waals surface area contributed by atoms with Gasteiger partial charge in [0.2, 0.25) is 5.91 Å². The summed E-state index contributed by atoms with van der Waals surface area (Å²) in [5, 5.41) is 6.14. The number of carbonyl (C=O) groups excluding carboxylic acids is 1. The molecule has 7 nitrogen and oxygen atoms in total. The van der Waals surface area contributed by atoms with Crippen molar-refractivity contribution in [2.45, 2.75) is 17.3 Å². The zero-order valence-electron chi connectivity index (χ0n) is 15.6. The van der Waals surface area contributed by atoms with Crippen LogP contribution in [0.2, 0.25) is 0 Å². The molecule has 2 aromatic heterocycles. The second kappa shape index (κ2) is 8.07. The molecule has 2 heterocycles. The molecule has 0 radical (unpaired) electrons. The maximum absolute atomic E-state index is 13.8. The minimum atomic E-state index is -0.875. The zero-order chi connectivity index (χ0) is 21.3. The van der Waals surface area contributed by atoms with Crippen LogP contribution in [0.15, 0.2) is 64.7 Å². The van der Waals surface area contributed by atoms with Crippen LogP contribution in [0.1, 0.15) is 6.92 Å². The van der Waals surface area contributed by atoms with Crippen LogP contribution in [-0.2, 0) is 4.79 Å². The van der Waals surface area contributed by atoms with Gasteiger partial charge in [0.25, 0.3) is 5.56 Å². The summed E-state index contributed by atoms with van der Waals surface area (Å²) in [5.41, 5.74) is 0.133. The lowest BCUT2D eigenvalue weighted by Gasteiger charge is -2.12. The van der Waals surface area contributed by atoms with Gasteiger partial charge in [0.05, 0.1) is 17.1 Å². The predicted octanol–water partition coefficient (Wildman–Crippen LogP) is 3.51. The van der Waals surface area contributed by atoms with Crippen molar-refractivity contribution in [3.05, 3.63) is 76.7 Å². The first kappa shape index (κ1) is 19.8. The van der Waals surface area contributed by atoms with Crippen molar-refractivity contribution in [3.63, 3.8) is 0 Å². The van der Waals surface area contributed by atoms with Crippen molar-refractivity contribution in [1.29, 1.82) is 0 Å². The van der Waals surface area contributed by atoms with Gasteiger partial charge in [0.15, 0.2) is 10.8 Å². The van der Waals surface area contributed by atoms with Crippen molar-refractivity contribution in [2.24, 2.45) is 0 Å². The van der Waals surface area contributed by atoms with E-state index in [0.29, 0.717) is 11.0 Å². The molecule has 0 unspecified atom stereocenters. The van der Waals surface area contributed by atoms with E-state index in [0.717, 1.165) is 29.6 Å². The van der Waals surface area contributed by atoms with Crippen LogP contribution in [0.5, 0.6) is 0 Å². The molecule has 0 saturated heterocycles. The largest absolute Gasteiger partial charge is 0.320 e. The molecule has 1 amide bonds. The number of amides is 1. The number of hydrogen-bond donors (Lipinski definition) is 2. The summed E-state index contributed by atoms with van der Waals surface area (Å²) >= 11 is 0.954. The smallest absolute Gasteiger partial charge is 0.262 e. The number of nitrogens with one attached hydrogen (secondary N) is 2. The van der Waals surface area contributed by atoms with E-state index in [4.69, 9.17) is 0 Å². The molecule has 152 valence electrons. The molecule has 0 aliphatic rings. The quantitative estimate of drug-likeness (QED) is 0.376. The van der Waals surface area contributed by atoms with Crippen LogP contribution in [0.4, 0.5) is 14.5 Å². The van der Waals surface area contributed by atoms with E-state index in [2.05, 4.69) is 20.4 Å². The molecule has 0 saturated carbocycles. The lowest BCUT2D eigenvalue weighted by atomic mass is 10.3. The van der Waals surface area contributed by atoms with E-state index in [9.17, 15) is 18.4 Å². The number of nitrogens with zero attached hydrogens (tertiary/aromatic N) is 3. The van der Waals surface area contributed by atoms with E-state index >= 15 is 0 Å². The van der Waals surface area contributed by atoms with Gasteiger partial charge in [-0.2, -0.15) is 5.10 Å². The summed E-state index contributed by atoms with van der Waals surface area (Å²) in [7, 11) is 0. The average Bonchev–Trinajstić information content (AvgIpc) is 3.16. The molecule has 30 heavy (non-hydrogen) atoms. The number of fused-ring (bicyclic) bond motifs is 1. The predicted molar refractivity (Wildman–Crippen MR) is 110 cm³/mol. The zero-order valence-corrected chi connectivity index (χ0v) is 16.4. The van der Waals surface area contributed by atoms with Gasteiger partial charge in [0.1, 0.15) is 22.7 Å². The van der Waals surface area contributed by atoms with Gasteiger partial charge in [-0.3, -0.25) is 9.59 Å². The van der Waals surface area contributed by atoms with Crippen LogP contribution < -0.4 is 10.9 Å². The Bertz CT molecular complexity index is 1270. The molecule has 0 aliphatic carbocycles. The monoisotopic (exact) mass is 427 g/mol. The molecular weight excluding hydrogens is 412 g/mol. The van der Waals surface area contributed by atoms with E-state index in [1.54, 1.807) is 0 Å². The number of rotatable bonds is 5. The summed E-state index contributed by atoms with van der Waals surface area (Å²) < 4.78 is 29.1. The molecule has 0 spiro atoms. The number of aromatic amines is 1. The highest BCUT2D eigenvalue weighted by Gasteiger charge is 2.20. The molecule has 4 aromatic rings. The first-order chi connectivity index (χ1) is 14.4. The summed E-state index contributed by atoms with van der Waals surface area (Å²) in [5.74, 6) is -2.39. The molecule has 0 fully saturated rings. The Morgan fingerprint density at radius 2 is 1.83 bits per heavy atom. The number of benzene rings is 2. The Kier molecular flexibility index (Phi) is 5.32. The third-order valence-corrected chi connectivity index (χ3v) is 5.27. The highest BCUT2D eigenvalue weighted by molar-refractivity contribution is 8.00. The van der Waals surface area contributed by atoms with Crippen molar-refractivity contribution >= 4 is 34.4 Å². The van der Waals surface area contributed by atoms with Crippen molar-refractivity contribution in [2.75, 3.05) is 5.32 Å². The van der Waals surface area contributed by atoms with Gasteiger partial charge in [-0.1, -0.05) is 36.0 Å². The Labute approximate surface area is 173 Å². The van der Waals surface area contributed by atoms with Gasteiger partial charge in [-0.25, -0.2) is 18.4 Å². The molecule has 0 aliphatic heterocycles. The summed E-state index contributed by atoms with van der Waals surface area (Å²) in [6.07, 6.45) is 1.42. The van der Waals surface area contributed by atoms with Crippen molar-refractivity contribution < 1.29 is 13.6 Å². The van der Waals surface area contributed by atoms with E-state index in [-0.39, 0.29) is 5.16 Å². The summed E-state index contributed by atoms with van der Waals surface area (Å²) in [6.45, 7) is 1.54. The molecule has 0 bridgehead atoms. The van der Waals surface area contributed by atoms with Crippen LogP contribution in [0.25, 0.3) is 16.7 Å². The van der Waals surface area contributed by atoms with Gasteiger partial charge < -0.3 is 10.3 Å². The topological polar surface area (TPSA) is 92.7 Å². The van der Waals surface area contributed by atoms with Gasteiger partial charge in [-0.05, 0) is 31.2 Å². The number of anilines is 1. The highest BCUT2D eigenvalue weighted by Crippen LogP contribution is 2.24. The Balaban J connectivity index is 1.60. The normalized spacial score (nSPS) is 12.1. The number of halogens is 2. The Hall–Kier alpha value is -3.53. The lowest BCUT2D eigenvalue weighted by molar-refractivity contribution is -0.115. The van der Waals surface area contributed by atoms with Crippen LogP contribution in [0, 0.1) is 11.6 Å². The van der Waals surface area contributed by atoms with Gasteiger partial charge in [0, 0.05) is 0 Å². The second-order valence-corrected chi connectivity index (χ2v) is 7.68. The van der Waals surface area contributed by atoms with Crippen LogP contribution in [0.3, 0.4) is 0 Å². The highest BCUT2D eigenvalue weighted by atomic mass is 32.2. The van der Waals surface area contributed by atoms with Crippen LogP contribution in [-0.4, -0.2) is 30.9 Å². The first-order valence-corrected chi connectivity index (χ1v) is 9.77. The average molecular weight is 427 g/mol.